The number of fused-ring (bicyclic) bond motifs is 1. The normalized spacial score (nSPS) is 10.8. The lowest BCUT2D eigenvalue weighted by Gasteiger charge is -2.17. The predicted octanol–water partition coefficient (Wildman–Crippen LogP) is 3.81. The second kappa shape index (κ2) is 5.77. The molecule has 0 aromatic heterocycles. The number of phenolic OH excluding ortho intramolecular Hbond substituents is 1. The van der Waals surface area contributed by atoms with Crippen LogP contribution in [0.5, 0.6) is 11.5 Å². The van der Waals surface area contributed by atoms with Crippen LogP contribution >= 0.6 is 0 Å². The minimum Gasteiger partial charge on any atom is -0.504 e. The maximum Gasteiger partial charge on any atom is 0.337 e. The molecule has 0 amide bonds. The number of nitrogen functional groups attached to an aromatic ring is 1. The molecule has 0 aliphatic rings. The van der Waals surface area contributed by atoms with E-state index in [1.165, 1.54) is 13.2 Å². The third kappa shape index (κ3) is 2.31. The Morgan fingerprint density at radius 3 is 2.54 bits per heavy atom. The average Bonchev–Trinajstić information content (AvgIpc) is 2.56. The number of carbonyl (C=O) groups is 1. The summed E-state index contributed by atoms with van der Waals surface area (Å²) in [4.78, 5) is 11.6. The summed E-state index contributed by atoms with van der Waals surface area (Å²) in [5.41, 5.74) is 8.48. The fourth-order valence-corrected chi connectivity index (χ4v) is 3.04. The molecule has 0 atom stereocenters. The number of aromatic carboxylic acids is 1. The van der Waals surface area contributed by atoms with Gasteiger partial charge in [-0.15, -0.1) is 0 Å². The van der Waals surface area contributed by atoms with Crippen LogP contribution in [0, 0.1) is 6.92 Å². The van der Waals surface area contributed by atoms with E-state index in [1.54, 1.807) is 19.1 Å². The molecule has 0 unspecified atom stereocenters. The zero-order valence-corrected chi connectivity index (χ0v) is 13.3. The molecular formula is C19H17NO4. The van der Waals surface area contributed by atoms with Crippen LogP contribution in [0.3, 0.4) is 0 Å². The quantitative estimate of drug-likeness (QED) is 0.637. The topological polar surface area (TPSA) is 92.8 Å². The van der Waals surface area contributed by atoms with Gasteiger partial charge in [0.25, 0.3) is 0 Å². The molecule has 0 spiro atoms. The summed E-state index contributed by atoms with van der Waals surface area (Å²) in [6.45, 7) is 1.80. The van der Waals surface area contributed by atoms with Crippen molar-refractivity contribution in [3.8, 4) is 22.6 Å². The second-order valence-electron chi connectivity index (χ2n) is 5.53. The van der Waals surface area contributed by atoms with Crippen molar-refractivity contribution in [3.63, 3.8) is 0 Å². The van der Waals surface area contributed by atoms with E-state index in [0.29, 0.717) is 16.9 Å². The van der Waals surface area contributed by atoms with Crippen molar-refractivity contribution in [2.24, 2.45) is 0 Å². The molecule has 0 bridgehead atoms. The van der Waals surface area contributed by atoms with Crippen molar-refractivity contribution in [2.75, 3.05) is 12.8 Å². The van der Waals surface area contributed by atoms with Crippen LogP contribution in [0.2, 0.25) is 0 Å². The van der Waals surface area contributed by atoms with Gasteiger partial charge in [0.1, 0.15) is 0 Å². The molecule has 4 N–H and O–H groups in total. The van der Waals surface area contributed by atoms with Gasteiger partial charge in [0, 0.05) is 11.1 Å². The van der Waals surface area contributed by atoms with Crippen LogP contribution in [0.4, 0.5) is 5.69 Å². The van der Waals surface area contributed by atoms with Crippen molar-refractivity contribution in [1.29, 1.82) is 0 Å². The first-order valence-electron chi connectivity index (χ1n) is 7.37. The van der Waals surface area contributed by atoms with Gasteiger partial charge in [-0.2, -0.15) is 0 Å². The number of rotatable bonds is 3. The zero-order valence-electron chi connectivity index (χ0n) is 13.3. The van der Waals surface area contributed by atoms with Gasteiger partial charge in [0.15, 0.2) is 11.5 Å². The summed E-state index contributed by atoms with van der Waals surface area (Å²) in [6, 6.07) is 12.3. The second-order valence-corrected chi connectivity index (χ2v) is 5.53. The number of methoxy groups -OCH3 is 1. The smallest absolute Gasteiger partial charge is 0.337 e. The first-order valence-corrected chi connectivity index (χ1v) is 7.37. The van der Waals surface area contributed by atoms with Gasteiger partial charge in [-0.1, -0.05) is 30.3 Å². The predicted molar refractivity (Wildman–Crippen MR) is 93.7 cm³/mol. The summed E-state index contributed by atoms with van der Waals surface area (Å²) < 4.78 is 5.26. The van der Waals surface area contributed by atoms with Crippen molar-refractivity contribution in [3.05, 3.63) is 53.6 Å². The van der Waals surface area contributed by atoms with Crippen molar-refractivity contribution in [2.45, 2.75) is 6.92 Å². The fourth-order valence-electron chi connectivity index (χ4n) is 3.04. The van der Waals surface area contributed by atoms with Crippen molar-refractivity contribution >= 4 is 22.4 Å². The monoisotopic (exact) mass is 323 g/mol. The Morgan fingerprint density at radius 2 is 1.88 bits per heavy atom. The average molecular weight is 323 g/mol. The number of hydrogen-bond donors (Lipinski definition) is 3. The van der Waals surface area contributed by atoms with Gasteiger partial charge in [-0.25, -0.2) is 4.79 Å². The number of aromatic hydroxyl groups is 1. The minimum absolute atomic E-state index is 0.0241. The summed E-state index contributed by atoms with van der Waals surface area (Å²) in [5, 5.41) is 21.0. The third-order valence-corrected chi connectivity index (χ3v) is 4.18. The number of carboxylic acid groups (broad SMARTS) is 1. The number of anilines is 1. The highest BCUT2D eigenvalue weighted by molar-refractivity contribution is 6.10. The summed E-state index contributed by atoms with van der Waals surface area (Å²) in [7, 11) is 1.47. The Labute approximate surface area is 138 Å². The molecule has 0 heterocycles. The van der Waals surface area contributed by atoms with Crippen LogP contribution in [0.15, 0.2) is 42.5 Å². The Kier molecular flexibility index (Phi) is 3.77. The molecule has 24 heavy (non-hydrogen) atoms. The molecule has 5 nitrogen and oxygen atoms in total. The van der Waals surface area contributed by atoms with Crippen LogP contribution in [-0.4, -0.2) is 23.3 Å². The maximum absolute atomic E-state index is 11.6. The molecule has 0 saturated heterocycles. The van der Waals surface area contributed by atoms with Crippen molar-refractivity contribution < 1.29 is 19.7 Å². The molecule has 0 aliphatic carbocycles. The van der Waals surface area contributed by atoms with E-state index in [1.807, 2.05) is 24.3 Å². The number of hydrogen-bond acceptors (Lipinski definition) is 4. The molecule has 3 aromatic rings. The molecule has 0 aliphatic heterocycles. The Morgan fingerprint density at radius 1 is 1.17 bits per heavy atom. The molecule has 5 heteroatoms. The van der Waals surface area contributed by atoms with Gasteiger partial charge in [-0.3, -0.25) is 0 Å². The lowest BCUT2D eigenvalue weighted by atomic mass is 9.90. The summed E-state index contributed by atoms with van der Waals surface area (Å²) >= 11 is 0. The van der Waals surface area contributed by atoms with Crippen LogP contribution in [-0.2, 0) is 0 Å². The van der Waals surface area contributed by atoms with Gasteiger partial charge < -0.3 is 20.7 Å². The summed E-state index contributed by atoms with van der Waals surface area (Å²) in [6.07, 6.45) is 0. The first-order chi connectivity index (χ1) is 11.5. The molecule has 122 valence electrons. The molecular weight excluding hydrogens is 306 g/mol. The fraction of sp³-hybridized carbons (Fsp3) is 0.105. The minimum atomic E-state index is -1.08. The van der Waals surface area contributed by atoms with Crippen LogP contribution < -0.4 is 10.5 Å². The highest BCUT2D eigenvalue weighted by Crippen LogP contribution is 2.42. The van der Waals surface area contributed by atoms with E-state index in [2.05, 4.69) is 0 Å². The van der Waals surface area contributed by atoms with E-state index in [0.717, 1.165) is 16.3 Å². The molecule has 0 fully saturated rings. The molecule has 0 radical (unpaired) electrons. The Hall–Kier alpha value is -3.21. The number of benzene rings is 3. The molecule has 0 saturated carbocycles. The number of nitrogens with two attached hydrogens (primary N) is 1. The van der Waals surface area contributed by atoms with E-state index >= 15 is 0 Å². The van der Waals surface area contributed by atoms with Gasteiger partial charge in [0.05, 0.1) is 18.4 Å². The third-order valence-electron chi connectivity index (χ3n) is 4.18. The van der Waals surface area contributed by atoms with Crippen LogP contribution in [0.1, 0.15) is 15.9 Å². The maximum atomic E-state index is 11.6. The number of carboxylic acids is 1. The number of ether oxygens (including phenoxy) is 1. The van der Waals surface area contributed by atoms with E-state index in [-0.39, 0.29) is 17.0 Å². The Bertz CT molecular complexity index is 963. The zero-order chi connectivity index (χ0) is 17.4. The standard InChI is InChI=1S/C19H17NO4/c1-10-12(7-8-15(21)18(10)24-2)16-13-6-4-3-5-11(13)9-14(17(16)20)19(22)23/h3-9,21H,20H2,1-2H3,(H,22,23). The molecule has 3 aromatic carbocycles. The first kappa shape index (κ1) is 15.7. The van der Waals surface area contributed by atoms with Gasteiger partial charge in [0.2, 0.25) is 0 Å². The summed E-state index contributed by atoms with van der Waals surface area (Å²) in [5.74, 6) is -0.712. The van der Waals surface area contributed by atoms with Crippen LogP contribution in [0.25, 0.3) is 21.9 Å². The SMILES string of the molecule is COc1c(O)ccc(-c2c(N)c(C(=O)O)cc3ccccc23)c1C. The van der Waals surface area contributed by atoms with Gasteiger partial charge >= 0.3 is 5.97 Å². The Balaban J connectivity index is 2.46. The lowest BCUT2D eigenvalue weighted by molar-refractivity contribution is 0.0698. The van der Waals surface area contributed by atoms with E-state index in [9.17, 15) is 15.0 Å². The molecule has 3 rings (SSSR count). The lowest BCUT2D eigenvalue weighted by Crippen LogP contribution is -2.05. The largest absolute Gasteiger partial charge is 0.504 e. The van der Waals surface area contributed by atoms with E-state index < -0.39 is 5.97 Å². The van der Waals surface area contributed by atoms with Crippen molar-refractivity contribution in [1.82, 2.24) is 0 Å². The highest BCUT2D eigenvalue weighted by Gasteiger charge is 2.20. The number of phenols is 1. The highest BCUT2D eigenvalue weighted by atomic mass is 16.5. The van der Waals surface area contributed by atoms with Gasteiger partial charge in [-0.05, 0) is 35.4 Å². The van der Waals surface area contributed by atoms with E-state index in [4.69, 9.17) is 10.5 Å².